The molecule has 2 aromatic rings. The minimum Gasteiger partial charge on any atom is -0.351 e. The number of unbranched alkanes of at least 4 members (excludes halogenated alkanes) is 1. The van der Waals surface area contributed by atoms with Crippen LogP contribution in [-0.2, 0) is 10.0 Å². The van der Waals surface area contributed by atoms with Crippen LogP contribution < -0.4 is 5.32 Å². The Morgan fingerprint density at radius 2 is 1.84 bits per heavy atom. The van der Waals surface area contributed by atoms with Crippen molar-refractivity contribution in [2.75, 3.05) is 44.8 Å². The second-order valence-electron chi connectivity index (χ2n) is 10.4. The molecule has 1 saturated heterocycles. The fourth-order valence-corrected chi connectivity index (χ4v) is 6.62. The number of anilines is 1. The average molecular weight is 534 g/mol. The predicted molar refractivity (Wildman–Crippen MR) is 144 cm³/mol. The van der Waals surface area contributed by atoms with Gasteiger partial charge in [0.1, 0.15) is 11.5 Å². The van der Waals surface area contributed by atoms with Crippen LogP contribution in [0.5, 0.6) is 0 Å². The van der Waals surface area contributed by atoms with E-state index in [1.165, 1.54) is 19.0 Å². The zero-order valence-electron chi connectivity index (χ0n) is 22.2. The minimum atomic E-state index is -3.32. The van der Waals surface area contributed by atoms with Gasteiger partial charge >= 0.3 is 0 Å². The standard InChI is InChI=1S/C26H40FN7O2S/c1-20-28-19-24(34(20)22-10-6-7-11-22)25-23(27)18-29-26(31-25)30-21-12-15-33(16-13-21)37(35,36)17-9-5-4-8-14-32(2)3/h5,9,18-19,21-22H,4,6-8,10-17H2,1-3H3,(H,29,30,31). The van der Waals surface area contributed by atoms with Crippen molar-refractivity contribution in [1.29, 1.82) is 0 Å². The third-order valence-corrected chi connectivity index (χ3v) is 9.05. The van der Waals surface area contributed by atoms with E-state index in [-0.39, 0.29) is 17.5 Å². The van der Waals surface area contributed by atoms with Crippen LogP contribution in [0.2, 0.25) is 0 Å². The maximum Gasteiger partial charge on any atom is 0.223 e. The molecule has 4 rings (SSSR count). The van der Waals surface area contributed by atoms with Crippen LogP contribution in [0.3, 0.4) is 0 Å². The van der Waals surface area contributed by atoms with E-state index in [0.717, 1.165) is 38.1 Å². The van der Waals surface area contributed by atoms with Gasteiger partial charge in [0.05, 0.1) is 23.8 Å². The molecule has 204 valence electrons. The summed E-state index contributed by atoms with van der Waals surface area (Å²) in [7, 11) is 0.734. The molecule has 2 aliphatic rings. The molecule has 1 N–H and O–H groups in total. The third kappa shape index (κ3) is 7.14. The van der Waals surface area contributed by atoms with Crippen LogP contribution in [0.1, 0.15) is 63.2 Å². The average Bonchev–Trinajstić information content (AvgIpc) is 3.52. The van der Waals surface area contributed by atoms with Crippen molar-refractivity contribution in [3.05, 3.63) is 36.2 Å². The Kier molecular flexibility index (Phi) is 9.31. The van der Waals surface area contributed by atoms with Gasteiger partial charge in [0.15, 0.2) is 5.82 Å². The van der Waals surface area contributed by atoms with Gasteiger partial charge in [-0.25, -0.2) is 32.1 Å². The van der Waals surface area contributed by atoms with Crippen molar-refractivity contribution in [2.45, 2.75) is 70.4 Å². The van der Waals surface area contributed by atoms with Crippen molar-refractivity contribution in [2.24, 2.45) is 0 Å². The molecule has 37 heavy (non-hydrogen) atoms. The number of aromatic nitrogens is 4. The summed E-state index contributed by atoms with van der Waals surface area (Å²) < 4.78 is 44.0. The molecule has 11 heteroatoms. The lowest BCUT2D eigenvalue weighted by atomic mass is 10.1. The predicted octanol–water partition coefficient (Wildman–Crippen LogP) is 4.01. The number of imidazole rings is 1. The van der Waals surface area contributed by atoms with Gasteiger partial charge < -0.3 is 14.8 Å². The van der Waals surface area contributed by atoms with Gasteiger partial charge in [-0.3, -0.25) is 0 Å². The van der Waals surface area contributed by atoms with E-state index in [1.54, 1.807) is 16.6 Å². The lowest BCUT2D eigenvalue weighted by Gasteiger charge is -2.31. The first-order chi connectivity index (χ1) is 17.7. The zero-order valence-corrected chi connectivity index (χ0v) is 23.1. The van der Waals surface area contributed by atoms with Gasteiger partial charge in [0, 0.05) is 25.2 Å². The molecule has 0 amide bonds. The fraction of sp³-hybridized carbons (Fsp3) is 0.654. The van der Waals surface area contributed by atoms with Crippen molar-refractivity contribution < 1.29 is 12.8 Å². The first-order valence-corrected chi connectivity index (χ1v) is 15.0. The molecule has 0 spiro atoms. The lowest BCUT2D eigenvalue weighted by molar-refractivity contribution is 0.330. The molecular formula is C26H40FN7O2S. The van der Waals surface area contributed by atoms with E-state index in [9.17, 15) is 12.8 Å². The number of nitrogens with one attached hydrogen (secondary N) is 1. The van der Waals surface area contributed by atoms with Crippen molar-refractivity contribution in [3.63, 3.8) is 0 Å². The minimum absolute atomic E-state index is 0.0211. The van der Waals surface area contributed by atoms with Crippen LogP contribution in [-0.4, -0.2) is 82.7 Å². The number of rotatable bonds is 11. The summed E-state index contributed by atoms with van der Waals surface area (Å²) in [5, 5.41) is 3.30. The largest absolute Gasteiger partial charge is 0.351 e. The molecule has 9 nitrogen and oxygen atoms in total. The van der Waals surface area contributed by atoms with Gasteiger partial charge in [0.25, 0.3) is 0 Å². The highest BCUT2D eigenvalue weighted by molar-refractivity contribution is 7.89. The molecule has 0 aromatic carbocycles. The molecule has 0 radical (unpaired) electrons. The number of piperidine rings is 1. The van der Waals surface area contributed by atoms with Crippen LogP contribution in [0, 0.1) is 12.7 Å². The van der Waals surface area contributed by atoms with Gasteiger partial charge in [-0.1, -0.05) is 25.0 Å². The van der Waals surface area contributed by atoms with E-state index >= 15 is 0 Å². The number of nitrogens with zero attached hydrogens (tertiary/aromatic N) is 6. The summed E-state index contributed by atoms with van der Waals surface area (Å²) in [5.41, 5.74) is 0.936. The summed E-state index contributed by atoms with van der Waals surface area (Å²) in [6.45, 7) is 3.82. The Labute approximate surface area is 220 Å². The summed E-state index contributed by atoms with van der Waals surface area (Å²) in [4.78, 5) is 15.3. The van der Waals surface area contributed by atoms with E-state index in [0.29, 0.717) is 43.6 Å². The highest BCUT2D eigenvalue weighted by Crippen LogP contribution is 2.35. The molecular weight excluding hydrogens is 493 g/mol. The van der Waals surface area contributed by atoms with Crippen LogP contribution in [0.25, 0.3) is 11.4 Å². The molecule has 3 heterocycles. The summed E-state index contributed by atoms with van der Waals surface area (Å²) >= 11 is 0. The van der Waals surface area contributed by atoms with E-state index in [2.05, 4.69) is 29.7 Å². The molecule has 2 fully saturated rings. The summed E-state index contributed by atoms with van der Waals surface area (Å²) in [6.07, 6.45) is 14.3. The van der Waals surface area contributed by atoms with E-state index in [1.807, 2.05) is 27.1 Å². The summed E-state index contributed by atoms with van der Waals surface area (Å²) in [5.74, 6) is 0.785. The normalized spacial score (nSPS) is 18.4. The van der Waals surface area contributed by atoms with Crippen LogP contribution in [0.4, 0.5) is 10.3 Å². The monoisotopic (exact) mass is 533 g/mol. The van der Waals surface area contributed by atoms with Crippen LogP contribution in [0.15, 0.2) is 24.5 Å². The molecule has 0 unspecified atom stereocenters. The Hall–Kier alpha value is -2.37. The number of allylic oxidation sites excluding steroid dienone is 1. The number of hydrogen-bond acceptors (Lipinski definition) is 7. The maximum absolute atomic E-state index is 14.8. The smallest absolute Gasteiger partial charge is 0.223 e. The Bertz CT molecular complexity index is 1170. The third-order valence-electron chi connectivity index (χ3n) is 7.29. The molecule has 1 aliphatic heterocycles. The van der Waals surface area contributed by atoms with Crippen LogP contribution >= 0.6 is 0 Å². The van der Waals surface area contributed by atoms with E-state index < -0.39 is 15.8 Å². The van der Waals surface area contributed by atoms with Gasteiger partial charge in [-0.15, -0.1) is 0 Å². The number of sulfonamides is 1. The van der Waals surface area contributed by atoms with E-state index in [4.69, 9.17) is 0 Å². The fourth-order valence-electron chi connectivity index (χ4n) is 5.27. The van der Waals surface area contributed by atoms with Gasteiger partial charge in [-0.2, -0.15) is 0 Å². The second kappa shape index (κ2) is 12.4. The molecule has 1 saturated carbocycles. The summed E-state index contributed by atoms with van der Waals surface area (Å²) in [6, 6.07) is 0.343. The molecule has 0 atom stereocenters. The second-order valence-corrected chi connectivity index (χ2v) is 12.4. The van der Waals surface area contributed by atoms with Crippen molar-refractivity contribution in [1.82, 2.24) is 28.7 Å². The highest BCUT2D eigenvalue weighted by Gasteiger charge is 2.28. The number of hydrogen-bond donors (Lipinski definition) is 1. The van der Waals surface area contributed by atoms with Crippen molar-refractivity contribution >= 4 is 16.0 Å². The quantitative estimate of drug-likeness (QED) is 0.344. The van der Waals surface area contributed by atoms with Crippen molar-refractivity contribution in [3.8, 4) is 11.4 Å². The van der Waals surface area contributed by atoms with Gasteiger partial charge in [0.2, 0.25) is 16.0 Å². The topological polar surface area (TPSA) is 96.2 Å². The van der Waals surface area contributed by atoms with Gasteiger partial charge in [-0.05, 0) is 66.1 Å². The lowest BCUT2D eigenvalue weighted by Crippen LogP contribution is -2.43. The Morgan fingerprint density at radius 3 is 2.54 bits per heavy atom. The highest BCUT2D eigenvalue weighted by atomic mass is 32.2. The molecule has 1 aliphatic carbocycles. The maximum atomic E-state index is 14.8. The SMILES string of the molecule is Cc1ncc(-c2nc(NC3CCN(S(=O)(=O)CC=CCCCN(C)C)CC3)ncc2F)n1C1CCCC1. The Balaban J connectivity index is 1.34. The molecule has 0 bridgehead atoms. The number of halogens is 1. The Morgan fingerprint density at radius 1 is 1.11 bits per heavy atom. The first-order valence-electron chi connectivity index (χ1n) is 13.4. The molecule has 2 aromatic heterocycles. The zero-order chi connectivity index (χ0) is 26.4. The number of aryl methyl sites for hydroxylation is 1. The first kappa shape index (κ1) is 27.7.